The zero-order valence-corrected chi connectivity index (χ0v) is 16.1. The largest absolute Gasteiger partial charge is 0.372 e. The number of para-hydroxylation sites is 1. The van der Waals surface area contributed by atoms with Crippen molar-refractivity contribution in [2.24, 2.45) is 0 Å². The molecule has 0 spiro atoms. The van der Waals surface area contributed by atoms with Gasteiger partial charge in [-0.2, -0.15) is 4.68 Å². The number of nitrogens with zero attached hydrogens (tertiary/aromatic N) is 5. The van der Waals surface area contributed by atoms with Crippen molar-refractivity contribution in [3.8, 4) is 5.69 Å². The van der Waals surface area contributed by atoms with Gasteiger partial charge in [0.05, 0.1) is 29.1 Å². The van der Waals surface area contributed by atoms with Gasteiger partial charge in [-0.15, -0.1) is 5.10 Å². The molecule has 0 bridgehead atoms. The van der Waals surface area contributed by atoms with Crippen LogP contribution in [-0.4, -0.2) is 51.4 Å². The molecule has 29 heavy (non-hydrogen) atoms. The SMILES string of the molecule is CC1CN(c2ccc(NC(=O)c3ccccc3-n3cnnn3)cc2F)CC(C)O1. The van der Waals surface area contributed by atoms with E-state index in [2.05, 4.69) is 20.8 Å². The number of halogens is 1. The lowest BCUT2D eigenvalue weighted by atomic mass is 10.1. The van der Waals surface area contributed by atoms with E-state index >= 15 is 0 Å². The molecule has 4 rings (SSSR count). The summed E-state index contributed by atoms with van der Waals surface area (Å²) in [6.07, 6.45) is 1.46. The van der Waals surface area contributed by atoms with Gasteiger partial charge in [0.2, 0.25) is 0 Å². The Kier molecular flexibility index (Phi) is 5.22. The first-order valence-electron chi connectivity index (χ1n) is 9.35. The standard InChI is InChI=1S/C20H21FN6O2/c1-13-10-26(11-14(2)29-13)19-8-7-15(9-17(19)21)23-20(28)16-5-3-4-6-18(16)27-12-22-24-25-27/h3-9,12-14H,10-11H2,1-2H3,(H,23,28). The Labute approximate surface area is 167 Å². The summed E-state index contributed by atoms with van der Waals surface area (Å²) in [6.45, 7) is 5.17. The topological polar surface area (TPSA) is 85.2 Å². The van der Waals surface area contributed by atoms with Crippen LogP contribution in [0.5, 0.6) is 0 Å². The molecule has 2 aromatic carbocycles. The Morgan fingerprint density at radius 2 is 1.90 bits per heavy atom. The highest BCUT2D eigenvalue weighted by molar-refractivity contribution is 6.06. The molecular formula is C20H21FN6O2. The number of carbonyl (C=O) groups excluding carboxylic acids is 1. The van der Waals surface area contributed by atoms with Crippen LogP contribution in [0.15, 0.2) is 48.8 Å². The molecule has 1 N–H and O–H groups in total. The highest BCUT2D eigenvalue weighted by Crippen LogP contribution is 2.26. The number of aromatic nitrogens is 4. The molecular weight excluding hydrogens is 375 g/mol. The fourth-order valence-electron chi connectivity index (χ4n) is 3.55. The average Bonchev–Trinajstić information content (AvgIpc) is 3.22. The fraction of sp³-hybridized carbons (Fsp3) is 0.300. The Morgan fingerprint density at radius 1 is 1.14 bits per heavy atom. The average molecular weight is 396 g/mol. The van der Waals surface area contributed by atoms with Gasteiger partial charge in [0.1, 0.15) is 12.1 Å². The first kappa shape index (κ1) is 19.0. The van der Waals surface area contributed by atoms with Gasteiger partial charge in [-0.3, -0.25) is 4.79 Å². The van der Waals surface area contributed by atoms with Gasteiger partial charge in [-0.05, 0) is 54.6 Å². The summed E-state index contributed by atoms with van der Waals surface area (Å²) in [4.78, 5) is 14.7. The van der Waals surface area contributed by atoms with Crippen LogP contribution >= 0.6 is 0 Å². The number of hydrogen-bond donors (Lipinski definition) is 1. The number of tetrazole rings is 1. The Bertz CT molecular complexity index is 1000. The second-order valence-electron chi connectivity index (χ2n) is 7.05. The third-order valence-corrected chi connectivity index (χ3v) is 4.71. The van der Waals surface area contributed by atoms with E-state index in [0.717, 1.165) is 0 Å². The molecule has 2 heterocycles. The lowest BCUT2D eigenvalue weighted by Gasteiger charge is -2.37. The maximum Gasteiger partial charge on any atom is 0.257 e. The van der Waals surface area contributed by atoms with Crippen LogP contribution in [0.3, 0.4) is 0 Å². The predicted octanol–water partition coefficient (Wildman–Crippen LogP) is 2.67. The molecule has 0 radical (unpaired) electrons. The maximum absolute atomic E-state index is 14.8. The minimum atomic E-state index is -0.391. The molecule has 1 amide bonds. The molecule has 1 aromatic heterocycles. The first-order valence-corrected chi connectivity index (χ1v) is 9.35. The maximum atomic E-state index is 14.8. The number of amides is 1. The van der Waals surface area contributed by atoms with Crippen LogP contribution in [-0.2, 0) is 4.74 Å². The molecule has 0 aliphatic carbocycles. The van der Waals surface area contributed by atoms with Crippen molar-refractivity contribution < 1.29 is 13.9 Å². The third kappa shape index (κ3) is 4.09. The van der Waals surface area contributed by atoms with Gasteiger partial charge in [0.25, 0.3) is 5.91 Å². The Morgan fingerprint density at radius 3 is 2.59 bits per heavy atom. The second kappa shape index (κ2) is 7.96. The van der Waals surface area contributed by atoms with E-state index in [1.807, 2.05) is 18.7 Å². The van der Waals surface area contributed by atoms with Gasteiger partial charge in [0, 0.05) is 18.8 Å². The fourth-order valence-corrected chi connectivity index (χ4v) is 3.55. The van der Waals surface area contributed by atoms with Crippen molar-refractivity contribution in [3.05, 3.63) is 60.2 Å². The zero-order valence-electron chi connectivity index (χ0n) is 16.1. The normalized spacial score (nSPS) is 19.2. The summed E-state index contributed by atoms with van der Waals surface area (Å²) in [6, 6.07) is 11.6. The Hall–Kier alpha value is -3.33. The van der Waals surface area contributed by atoms with Gasteiger partial charge in [-0.25, -0.2) is 4.39 Å². The van der Waals surface area contributed by atoms with E-state index in [-0.39, 0.29) is 18.1 Å². The summed E-state index contributed by atoms with van der Waals surface area (Å²) in [5.41, 5.74) is 1.78. The van der Waals surface area contributed by atoms with Crippen molar-refractivity contribution >= 4 is 17.3 Å². The van der Waals surface area contributed by atoms with Gasteiger partial charge in [0.15, 0.2) is 0 Å². The van der Waals surface area contributed by atoms with Crippen LogP contribution in [0.4, 0.5) is 15.8 Å². The van der Waals surface area contributed by atoms with Crippen molar-refractivity contribution in [3.63, 3.8) is 0 Å². The highest BCUT2D eigenvalue weighted by Gasteiger charge is 2.24. The number of anilines is 2. The molecule has 8 nitrogen and oxygen atoms in total. The molecule has 2 unspecified atom stereocenters. The zero-order chi connectivity index (χ0) is 20.4. The minimum Gasteiger partial charge on any atom is -0.372 e. The molecule has 0 saturated carbocycles. The van der Waals surface area contributed by atoms with Crippen LogP contribution < -0.4 is 10.2 Å². The first-order chi connectivity index (χ1) is 14.0. The van der Waals surface area contributed by atoms with E-state index in [4.69, 9.17) is 4.74 Å². The van der Waals surface area contributed by atoms with Gasteiger partial charge < -0.3 is 15.0 Å². The van der Waals surface area contributed by atoms with E-state index in [9.17, 15) is 9.18 Å². The molecule has 1 aliphatic heterocycles. The smallest absolute Gasteiger partial charge is 0.257 e. The number of benzene rings is 2. The molecule has 3 aromatic rings. The highest BCUT2D eigenvalue weighted by atomic mass is 19.1. The van der Waals surface area contributed by atoms with Crippen LogP contribution in [0.2, 0.25) is 0 Å². The quantitative estimate of drug-likeness (QED) is 0.730. The van der Waals surface area contributed by atoms with Crippen LogP contribution in [0.25, 0.3) is 5.69 Å². The number of morpholine rings is 1. The number of rotatable bonds is 4. The van der Waals surface area contributed by atoms with Crippen LogP contribution in [0.1, 0.15) is 24.2 Å². The lowest BCUT2D eigenvalue weighted by Crippen LogP contribution is -2.45. The van der Waals surface area contributed by atoms with E-state index < -0.39 is 5.82 Å². The van der Waals surface area contributed by atoms with Gasteiger partial charge >= 0.3 is 0 Å². The molecule has 9 heteroatoms. The molecule has 1 fully saturated rings. The number of nitrogens with one attached hydrogen (secondary N) is 1. The third-order valence-electron chi connectivity index (χ3n) is 4.71. The summed E-state index contributed by atoms with van der Waals surface area (Å²) >= 11 is 0. The van der Waals surface area contributed by atoms with Gasteiger partial charge in [-0.1, -0.05) is 12.1 Å². The second-order valence-corrected chi connectivity index (χ2v) is 7.05. The molecule has 2 atom stereocenters. The monoisotopic (exact) mass is 396 g/mol. The number of ether oxygens (including phenoxy) is 1. The Balaban J connectivity index is 1.54. The summed E-state index contributed by atoms with van der Waals surface area (Å²) < 4.78 is 21.9. The molecule has 1 saturated heterocycles. The molecule has 1 aliphatic rings. The number of hydrogen-bond acceptors (Lipinski definition) is 6. The predicted molar refractivity (Wildman–Crippen MR) is 106 cm³/mol. The van der Waals surface area contributed by atoms with Crippen LogP contribution in [0, 0.1) is 5.82 Å². The summed E-state index contributed by atoms with van der Waals surface area (Å²) in [5.74, 6) is -0.769. The lowest BCUT2D eigenvalue weighted by molar-refractivity contribution is -0.00539. The molecule has 150 valence electrons. The number of carbonyl (C=O) groups is 1. The van der Waals surface area contributed by atoms with Crippen molar-refractivity contribution in [2.45, 2.75) is 26.1 Å². The minimum absolute atomic E-state index is 0.0281. The van der Waals surface area contributed by atoms with E-state index in [0.29, 0.717) is 35.7 Å². The van der Waals surface area contributed by atoms with Crippen molar-refractivity contribution in [2.75, 3.05) is 23.3 Å². The summed E-state index contributed by atoms with van der Waals surface area (Å²) in [7, 11) is 0. The van der Waals surface area contributed by atoms with E-state index in [1.54, 1.807) is 36.4 Å². The summed E-state index contributed by atoms with van der Waals surface area (Å²) in [5, 5.41) is 13.8. The van der Waals surface area contributed by atoms with Crippen molar-refractivity contribution in [1.82, 2.24) is 20.2 Å². The van der Waals surface area contributed by atoms with Crippen molar-refractivity contribution in [1.29, 1.82) is 0 Å². The van der Waals surface area contributed by atoms with E-state index in [1.165, 1.54) is 17.1 Å².